The van der Waals surface area contributed by atoms with Crippen molar-refractivity contribution < 1.29 is 0 Å². The van der Waals surface area contributed by atoms with Gasteiger partial charge >= 0.3 is 0 Å². The fourth-order valence-electron chi connectivity index (χ4n) is 2.18. The van der Waals surface area contributed by atoms with Crippen molar-refractivity contribution in [1.82, 2.24) is 10.2 Å². The molecule has 0 radical (unpaired) electrons. The Balaban J connectivity index is 2.06. The van der Waals surface area contributed by atoms with E-state index >= 15 is 0 Å². The molecule has 1 N–H and O–H groups in total. The van der Waals surface area contributed by atoms with E-state index in [1.165, 1.54) is 31.8 Å². The normalized spacial score (nSPS) is 37.5. The molecule has 2 atom stereocenters. The smallest absolute Gasteiger partial charge is 0.0215 e. The minimum absolute atomic E-state index is 0.874. The Bertz CT molecular complexity index is 176. The molecular formula is C9H16N2. The summed E-state index contributed by atoms with van der Waals surface area (Å²) in [6.45, 7) is 7.68. The third-order valence-electron chi connectivity index (χ3n) is 3.03. The number of hydrogen-bond acceptors (Lipinski definition) is 2. The summed E-state index contributed by atoms with van der Waals surface area (Å²) in [5.41, 5.74) is 1.31. The molecule has 0 aromatic rings. The topological polar surface area (TPSA) is 15.3 Å². The first-order chi connectivity index (χ1) is 5.27. The Hall–Kier alpha value is -0.500. The summed E-state index contributed by atoms with van der Waals surface area (Å²) in [5, 5.41) is 3.44. The molecule has 11 heavy (non-hydrogen) atoms. The highest BCUT2D eigenvalue weighted by molar-refractivity contribution is 5.03. The Morgan fingerprint density at radius 1 is 1.45 bits per heavy atom. The second-order valence-electron chi connectivity index (χ2n) is 3.83. The van der Waals surface area contributed by atoms with Crippen molar-refractivity contribution in [3.63, 3.8) is 0 Å². The van der Waals surface area contributed by atoms with Crippen LogP contribution in [0.1, 0.15) is 6.42 Å². The fraction of sp³-hybridized carbons (Fsp3) is 0.778. The maximum atomic E-state index is 4.05. The Kier molecular flexibility index (Phi) is 1.64. The van der Waals surface area contributed by atoms with Crippen LogP contribution in [0.3, 0.4) is 0 Å². The molecule has 2 nitrogen and oxygen atoms in total. The highest BCUT2D eigenvalue weighted by Gasteiger charge is 2.32. The Morgan fingerprint density at radius 2 is 2.18 bits per heavy atom. The van der Waals surface area contributed by atoms with E-state index in [1.807, 2.05) is 0 Å². The van der Waals surface area contributed by atoms with Crippen LogP contribution in [0.5, 0.6) is 0 Å². The lowest BCUT2D eigenvalue weighted by atomic mass is 9.87. The average molecular weight is 152 g/mol. The Labute approximate surface area is 68.3 Å². The van der Waals surface area contributed by atoms with Gasteiger partial charge in [0, 0.05) is 19.3 Å². The van der Waals surface area contributed by atoms with Crippen LogP contribution in [0, 0.1) is 11.8 Å². The molecule has 0 amide bonds. The van der Waals surface area contributed by atoms with Crippen molar-refractivity contribution in [3.05, 3.63) is 12.3 Å². The summed E-state index contributed by atoms with van der Waals surface area (Å²) >= 11 is 0. The minimum atomic E-state index is 0.874. The molecule has 0 aliphatic carbocycles. The highest BCUT2D eigenvalue weighted by Crippen LogP contribution is 2.30. The summed E-state index contributed by atoms with van der Waals surface area (Å²) in [6, 6.07) is 0. The van der Waals surface area contributed by atoms with Crippen LogP contribution >= 0.6 is 0 Å². The largest absolute Gasteiger partial charge is 0.378 e. The molecule has 2 fully saturated rings. The second-order valence-corrected chi connectivity index (χ2v) is 3.83. The SMILES string of the molecule is C=C1CC2CNCC2CN1C. The summed E-state index contributed by atoms with van der Waals surface area (Å²) in [5.74, 6) is 1.75. The van der Waals surface area contributed by atoms with Crippen LogP contribution in [0.15, 0.2) is 12.3 Å². The molecule has 62 valence electrons. The third-order valence-corrected chi connectivity index (χ3v) is 3.03. The first kappa shape index (κ1) is 7.17. The van der Waals surface area contributed by atoms with Gasteiger partial charge in [0.15, 0.2) is 0 Å². The van der Waals surface area contributed by atoms with Gasteiger partial charge in [0.05, 0.1) is 0 Å². The summed E-state index contributed by atoms with van der Waals surface area (Å²) in [7, 11) is 2.15. The van der Waals surface area contributed by atoms with Gasteiger partial charge < -0.3 is 10.2 Å². The van der Waals surface area contributed by atoms with Gasteiger partial charge in [-0.25, -0.2) is 0 Å². The van der Waals surface area contributed by atoms with Crippen LogP contribution in [0.4, 0.5) is 0 Å². The number of piperidine rings is 1. The zero-order chi connectivity index (χ0) is 7.84. The van der Waals surface area contributed by atoms with Crippen LogP contribution in [-0.4, -0.2) is 31.6 Å². The molecule has 0 aromatic carbocycles. The van der Waals surface area contributed by atoms with Crippen LogP contribution in [-0.2, 0) is 0 Å². The number of fused-ring (bicyclic) bond motifs is 1. The Morgan fingerprint density at radius 3 is 3.00 bits per heavy atom. The molecular weight excluding hydrogens is 136 g/mol. The molecule has 0 spiro atoms. The van der Waals surface area contributed by atoms with Gasteiger partial charge in [0.2, 0.25) is 0 Å². The van der Waals surface area contributed by atoms with Gasteiger partial charge in [-0.3, -0.25) is 0 Å². The molecule has 0 saturated carbocycles. The summed E-state index contributed by atoms with van der Waals surface area (Å²) in [4.78, 5) is 2.30. The second kappa shape index (κ2) is 2.52. The summed E-state index contributed by atoms with van der Waals surface area (Å²) < 4.78 is 0. The van der Waals surface area contributed by atoms with E-state index in [0.717, 1.165) is 11.8 Å². The number of nitrogens with one attached hydrogen (secondary N) is 1. The van der Waals surface area contributed by atoms with E-state index in [1.54, 1.807) is 0 Å². The molecule has 0 bridgehead atoms. The predicted molar refractivity (Wildman–Crippen MR) is 46.2 cm³/mol. The number of rotatable bonds is 0. The van der Waals surface area contributed by atoms with Crippen molar-refractivity contribution in [2.24, 2.45) is 11.8 Å². The van der Waals surface area contributed by atoms with E-state index in [2.05, 4.69) is 23.8 Å². The zero-order valence-electron chi connectivity index (χ0n) is 7.14. The van der Waals surface area contributed by atoms with Gasteiger partial charge in [0.25, 0.3) is 0 Å². The average Bonchev–Trinajstić information content (AvgIpc) is 2.36. The number of allylic oxidation sites excluding steroid dienone is 1. The molecule has 2 saturated heterocycles. The van der Waals surface area contributed by atoms with E-state index in [9.17, 15) is 0 Å². The molecule has 2 heteroatoms. The number of hydrogen-bond donors (Lipinski definition) is 1. The maximum Gasteiger partial charge on any atom is 0.0215 e. The van der Waals surface area contributed by atoms with Crippen LogP contribution < -0.4 is 5.32 Å². The number of nitrogens with zero attached hydrogens (tertiary/aromatic N) is 1. The van der Waals surface area contributed by atoms with Gasteiger partial charge in [0.1, 0.15) is 0 Å². The first-order valence-electron chi connectivity index (χ1n) is 4.37. The van der Waals surface area contributed by atoms with Crippen molar-refractivity contribution >= 4 is 0 Å². The van der Waals surface area contributed by atoms with Gasteiger partial charge in [-0.2, -0.15) is 0 Å². The van der Waals surface area contributed by atoms with E-state index in [0.29, 0.717) is 0 Å². The molecule has 2 aliphatic rings. The lowest BCUT2D eigenvalue weighted by Gasteiger charge is -2.34. The zero-order valence-corrected chi connectivity index (χ0v) is 7.14. The standard InChI is InChI=1S/C9H16N2/c1-7-3-8-4-10-5-9(8)6-11(7)2/h8-10H,1,3-6H2,2H3. The monoisotopic (exact) mass is 152 g/mol. The molecule has 0 aromatic heterocycles. The van der Waals surface area contributed by atoms with Gasteiger partial charge in [-0.15, -0.1) is 0 Å². The molecule has 2 unspecified atom stereocenters. The predicted octanol–water partition coefficient (Wildman–Crippen LogP) is 0.671. The van der Waals surface area contributed by atoms with Crippen molar-refractivity contribution in [2.45, 2.75) is 6.42 Å². The molecule has 2 rings (SSSR count). The van der Waals surface area contributed by atoms with Gasteiger partial charge in [-0.05, 0) is 31.3 Å². The lowest BCUT2D eigenvalue weighted by molar-refractivity contribution is 0.230. The molecule has 2 aliphatic heterocycles. The van der Waals surface area contributed by atoms with E-state index in [-0.39, 0.29) is 0 Å². The van der Waals surface area contributed by atoms with E-state index in [4.69, 9.17) is 0 Å². The minimum Gasteiger partial charge on any atom is -0.378 e. The lowest BCUT2D eigenvalue weighted by Crippen LogP contribution is -2.35. The maximum absolute atomic E-state index is 4.05. The van der Waals surface area contributed by atoms with Crippen LogP contribution in [0.25, 0.3) is 0 Å². The molecule has 2 heterocycles. The van der Waals surface area contributed by atoms with Crippen molar-refractivity contribution in [3.8, 4) is 0 Å². The third kappa shape index (κ3) is 1.16. The summed E-state index contributed by atoms with van der Waals surface area (Å²) in [6.07, 6.45) is 1.20. The van der Waals surface area contributed by atoms with Crippen molar-refractivity contribution in [1.29, 1.82) is 0 Å². The first-order valence-corrected chi connectivity index (χ1v) is 4.37. The quantitative estimate of drug-likeness (QED) is 0.549. The van der Waals surface area contributed by atoms with E-state index < -0.39 is 0 Å². The highest BCUT2D eigenvalue weighted by atomic mass is 15.1. The van der Waals surface area contributed by atoms with Crippen LogP contribution in [0.2, 0.25) is 0 Å². The van der Waals surface area contributed by atoms with Gasteiger partial charge in [-0.1, -0.05) is 6.58 Å². The fourth-order valence-corrected chi connectivity index (χ4v) is 2.18. The number of likely N-dealkylation sites (tertiary alicyclic amines) is 1. The van der Waals surface area contributed by atoms with Crippen molar-refractivity contribution in [2.75, 3.05) is 26.7 Å².